The van der Waals surface area contributed by atoms with Crippen LogP contribution in [0.15, 0.2) is 16.6 Å². The molecule has 22 heavy (non-hydrogen) atoms. The summed E-state index contributed by atoms with van der Waals surface area (Å²) in [4.78, 5) is 13.9. The normalized spacial score (nSPS) is 16.5. The van der Waals surface area contributed by atoms with Gasteiger partial charge < -0.3 is 10.0 Å². The standard InChI is InChI=1S/C16H21BrN4O/c1-11-13-3-4-14(19-16(13)18-12(2)15(11)17)21-7-5-20(6-8-21)9-10-22/h3-4,22H,5-10H2,1-2H3. The molecule has 1 saturated heterocycles. The van der Waals surface area contributed by atoms with Crippen LogP contribution < -0.4 is 4.90 Å². The number of anilines is 1. The first-order valence-corrected chi connectivity index (χ1v) is 8.41. The lowest BCUT2D eigenvalue weighted by Crippen LogP contribution is -2.47. The molecule has 6 heteroatoms. The first kappa shape index (κ1) is 15.6. The van der Waals surface area contributed by atoms with Crippen LogP contribution in [0.4, 0.5) is 5.82 Å². The van der Waals surface area contributed by atoms with Crippen LogP contribution in [0.2, 0.25) is 0 Å². The van der Waals surface area contributed by atoms with Crippen molar-refractivity contribution in [3.05, 3.63) is 27.9 Å². The lowest BCUT2D eigenvalue weighted by molar-refractivity contribution is 0.188. The quantitative estimate of drug-likeness (QED) is 0.903. The van der Waals surface area contributed by atoms with E-state index in [0.717, 1.165) is 59.7 Å². The molecule has 0 radical (unpaired) electrons. The van der Waals surface area contributed by atoms with Gasteiger partial charge in [-0.15, -0.1) is 0 Å². The summed E-state index contributed by atoms with van der Waals surface area (Å²) in [7, 11) is 0. The van der Waals surface area contributed by atoms with Gasteiger partial charge in [0.2, 0.25) is 0 Å². The van der Waals surface area contributed by atoms with Gasteiger partial charge in [-0.25, -0.2) is 9.97 Å². The SMILES string of the molecule is Cc1nc2nc(N3CCN(CCO)CC3)ccc2c(C)c1Br. The molecule has 5 nitrogen and oxygen atoms in total. The van der Waals surface area contributed by atoms with Gasteiger partial charge in [-0.1, -0.05) is 0 Å². The first-order chi connectivity index (χ1) is 10.6. The molecule has 0 saturated carbocycles. The van der Waals surface area contributed by atoms with E-state index in [-0.39, 0.29) is 6.61 Å². The minimum atomic E-state index is 0.228. The van der Waals surface area contributed by atoms with E-state index in [9.17, 15) is 0 Å². The smallest absolute Gasteiger partial charge is 0.162 e. The minimum absolute atomic E-state index is 0.228. The summed E-state index contributed by atoms with van der Waals surface area (Å²) in [5.41, 5.74) is 2.98. The average Bonchev–Trinajstić information content (AvgIpc) is 2.53. The number of halogens is 1. The lowest BCUT2D eigenvalue weighted by Gasteiger charge is -2.35. The summed E-state index contributed by atoms with van der Waals surface area (Å²) in [6.45, 7) is 8.88. The van der Waals surface area contributed by atoms with Crippen LogP contribution in [0.1, 0.15) is 11.3 Å². The van der Waals surface area contributed by atoms with Gasteiger partial charge in [0.1, 0.15) is 5.82 Å². The van der Waals surface area contributed by atoms with Crippen LogP contribution in [0.25, 0.3) is 11.0 Å². The highest BCUT2D eigenvalue weighted by Gasteiger charge is 2.18. The number of aryl methyl sites for hydroxylation is 2. The highest BCUT2D eigenvalue weighted by atomic mass is 79.9. The molecule has 0 aromatic carbocycles. The number of aliphatic hydroxyl groups is 1. The van der Waals surface area contributed by atoms with E-state index in [2.05, 4.69) is 49.8 Å². The summed E-state index contributed by atoms with van der Waals surface area (Å²) in [5.74, 6) is 0.991. The molecule has 1 fully saturated rings. The number of nitrogens with zero attached hydrogens (tertiary/aromatic N) is 4. The van der Waals surface area contributed by atoms with Crippen LogP contribution in [0.5, 0.6) is 0 Å². The number of aromatic nitrogens is 2. The Labute approximate surface area is 139 Å². The fraction of sp³-hybridized carbons (Fsp3) is 0.500. The number of rotatable bonds is 3. The molecular weight excluding hydrogens is 344 g/mol. The summed E-state index contributed by atoms with van der Waals surface area (Å²) in [6, 6.07) is 4.20. The van der Waals surface area contributed by atoms with E-state index < -0.39 is 0 Å². The molecular formula is C16H21BrN4O. The van der Waals surface area contributed by atoms with Crippen LogP contribution in [0.3, 0.4) is 0 Å². The molecule has 1 N–H and O–H groups in total. The maximum atomic E-state index is 9.01. The second-order valence-corrected chi connectivity index (χ2v) is 6.52. The Hall–Kier alpha value is -1.24. The summed E-state index contributed by atoms with van der Waals surface area (Å²) in [6.07, 6.45) is 0. The van der Waals surface area contributed by atoms with Crippen molar-refractivity contribution < 1.29 is 5.11 Å². The number of aliphatic hydroxyl groups excluding tert-OH is 1. The van der Waals surface area contributed by atoms with E-state index in [1.54, 1.807) is 0 Å². The highest BCUT2D eigenvalue weighted by molar-refractivity contribution is 9.10. The predicted octanol–water partition coefficient (Wildman–Crippen LogP) is 2.12. The number of hydrogen-bond acceptors (Lipinski definition) is 5. The van der Waals surface area contributed by atoms with Crippen molar-refractivity contribution in [2.24, 2.45) is 0 Å². The van der Waals surface area contributed by atoms with E-state index in [0.29, 0.717) is 0 Å². The summed E-state index contributed by atoms with van der Waals surface area (Å²) >= 11 is 3.59. The van der Waals surface area contributed by atoms with Crippen molar-refractivity contribution in [3.63, 3.8) is 0 Å². The Morgan fingerprint density at radius 2 is 1.86 bits per heavy atom. The third kappa shape index (κ3) is 2.95. The molecule has 3 heterocycles. The Balaban J connectivity index is 1.85. The first-order valence-electron chi connectivity index (χ1n) is 7.62. The van der Waals surface area contributed by atoms with Crippen molar-refractivity contribution >= 4 is 32.8 Å². The number of β-amino-alcohol motifs (C(OH)–C–C–N with tert-alkyl or cyclic N) is 1. The van der Waals surface area contributed by atoms with Gasteiger partial charge in [0.25, 0.3) is 0 Å². The van der Waals surface area contributed by atoms with Crippen molar-refractivity contribution in [2.75, 3.05) is 44.2 Å². The molecule has 0 unspecified atom stereocenters. The van der Waals surface area contributed by atoms with Crippen LogP contribution in [0, 0.1) is 13.8 Å². The zero-order valence-corrected chi connectivity index (χ0v) is 14.6. The van der Waals surface area contributed by atoms with Gasteiger partial charge in [-0.05, 0) is 47.5 Å². The van der Waals surface area contributed by atoms with Crippen LogP contribution >= 0.6 is 15.9 Å². The topological polar surface area (TPSA) is 52.5 Å². The molecule has 2 aromatic heterocycles. The molecule has 0 bridgehead atoms. The maximum absolute atomic E-state index is 9.01. The molecule has 2 aromatic rings. The summed E-state index contributed by atoms with van der Waals surface area (Å²) in [5, 5.41) is 10.1. The molecule has 1 aliphatic rings. The highest BCUT2D eigenvalue weighted by Crippen LogP contribution is 2.27. The Morgan fingerprint density at radius 1 is 1.14 bits per heavy atom. The minimum Gasteiger partial charge on any atom is -0.395 e. The lowest BCUT2D eigenvalue weighted by atomic mass is 10.1. The fourth-order valence-corrected chi connectivity index (χ4v) is 3.23. The van der Waals surface area contributed by atoms with Crippen LogP contribution in [-0.4, -0.2) is 59.3 Å². The van der Waals surface area contributed by atoms with Gasteiger partial charge in [-0.2, -0.15) is 0 Å². The Kier molecular flexibility index (Phi) is 4.61. The zero-order chi connectivity index (χ0) is 15.7. The van der Waals surface area contributed by atoms with Crippen molar-refractivity contribution in [2.45, 2.75) is 13.8 Å². The zero-order valence-electron chi connectivity index (χ0n) is 13.0. The fourth-order valence-electron chi connectivity index (χ4n) is 2.93. The van der Waals surface area contributed by atoms with Gasteiger partial charge in [0.05, 0.1) is 12.3 Å². The third-order valence-electron chi connectivity index (χ3n) is 4.30. The molecule has 118 valence electrons. The largest absolute Gasteiger partial charge is 0.395 e. The van der Waals surface area contributed by atoms with Gasteiger partial charge in [0, 0.05) is 42.6 Å². The summed E-state index contributed by atoms with van der Waals surface area (Å²) < 4.78 is 1.06. The Bertz CT molecular complexity index is 683. The maximum Gasteiger partial charge on any atom is 0.162 e. The molecule has 3 rings (SSSR count). The monoisotopic (exact) mass is 364 g/mol. The van der Waals surface area contributed by atoms with E-state index in [1.807, 2.05) is 6.92 Å². The second-order valence-electron chi connectivity index (χ2n) is 5.73. The molecule has 0 amide bonds. The number of piperazine rings is 1. The number of hydrogen-bond donors (Lipinski definition) is 1. The van der Waals surface area contributed by atoms with Gasteiger partial charge in [0.15, 0.2) is 5.65 Å². The van der Waals surface area contributed by atoms with E-state index in [1.165, 1.54) is 5.56 Å². The van der Waals surface area contributed by atoms with E-state index >= 15 is 0 Å². The van der Waals surface area contributed by atoms with Gasteiger partial charge in [-0.3, -0.25) is 4.90 Å². The molecule has 0 aliphatic carbocycles. The number of fused-ring (bicyclic) bond motifs is 1. The third-order valence-corrected chi connectivity index (χ3v) is 5.47. The molecule has 0 spiro atoms. The van der Waals surface area contributed by atoms with Crippen molar-refractivity contribution in [3.8, 4) is 0 Å². The predicted molar refractivity (Wildman–Crippen MR) is 92.5 cm³/mol. The van der Waals surface area contributed by atoms with Crippen LogP contribution in [-0.2, 0) is 0 Å². The number of pyridine rings is 2. The average molecular weight is 365 g/mol. The van der Waals surface area contributed by atoms with Gasteiger partial charge >= 0.3 is 0 Å². The Morgan fingerprint density at radius 3 is 2.55 bits per heavy atom. The second kappa shape index (κ2) is 6.48. The van der Waals surface area contributed by atoms with Crippen molar-refractivity contribution in [1.82, 2.24) is 14.9 Å². The van der Waals surface area contributed by atoms with Crippen molar-refractivity contribution in [1.29, 1.82) is 0 Å². The molecule has 0 atom stereocenters. The molecule has 1 aliphatic heterocycles. The van der Waals surface area contributed by atoms with E-state index in [4.69, 9.17) is 10.1 Å².